The zero-order valence-electron chi connectivity index (χ0n) is 12.0. The molecule has 1 unspecified atom stereocenters. The summed E-state index contributed by atoms with van der Waals surface area (Å²) >= 11 is 0. The lowest BCUT2D eigenvalue weighted by Gasteiger charge is -2.29. The van der Waals surface area contributed by atoms with Gasteiger partial charge in [0.05, 0.1) is 18.9 Å². The first kappa shape index (κ1) is 14.7. The molecule has 1 aromatic rings. The number of carbonyl (C=O) groups excluding carboxylic acids is 1. The van der Waals surface area contributed by atoms with Gasteiger partial charge in [0.1, 0.15) is 5.75 Å². The van der Waals surface area contributed by atoms with E-state index in [4.69, 9.17) is 15.2 Å². The molecule has 0 saturated carbocycles. The van der Waals surface area contributed by atoms with Crippen LogP contribution in [0.15, 0.2) is 12.1 Å². The number of rotatable bonds is 4. The van der Waals surface area contributed by atoms with Crippen molar-refractivity contribution in [3.63, 3.8) is 0 Å². The number of carbonyl (C=O) groups is 1. The molecule has 2 heterocycles. The maximum absolute atomic E-state index is 12.3. The molecule has 0 bridgehead atoms. The standard InChI is InChI=1S/C14H21N3O3/c1-10-3-4-13(12(9-15)16-10)20-11(2)14(18)17-5-7-19-8-6-17/h3-4,11H,5-9,15H2,1-2H3. The summed E-state index contributed by atoms with van der Waals surface area (Å²) in [5, 5.41) is 0. The molecule has 1 atom stereocenters. The highest BCUT2D eigenvalue weighted by Crippen LogP contribution is 2.18. The number of hydrogen-bond donors (Lipinski definition) is 1. The number of aryl methyl sites for hydroxylation is 1. The van der Waals surface area contributed by atoms with E-state index in [1.54, 1.807) is 11.8 Å². The van der Waals surface area contributed by atoms with Gasteiger partial charge in [-0.3, -0.25) is 9.78 Å². The van der Waals surface area contributed by atoms with Crippen molar-refractivity contribution >= 4 is 5.91 Å². The lowest BCUT2D eigenvalue weighted by molar-refractivity contribution is -0.142. The van der Waals surface area contributed by atoms with Crippen molar-refractivity contribution in [1.29, 1.82) is 0 Å². The van der Waals surface area contributed by atoms with Crippen LogP contribution in [0.2, 0.25) is 0 Å². The summed E-state index contributed by atoms with van der Waals surface area (Å²) in [4.78, 5) is 18.3. The van der Waals surface area contributed by atoms with Crippen LogP contribution in [0.4, 0.5) is 0 Å². The second-order valence-electron chi connectivity index (χ2n) is 4.80. The first-order valence-corrected chi connectivity index (χ1v) is 6.81. The smallest absolute Gasteiger partial charge is 0.263 e. The highest BCUT2D eigenvalue weighted by atomic mass is 16.5. The number of aromatic nitrogens is 1. The largest absolute Gasteiger partial charge is 0.479 e. The van der Waals surface area contributed by atoms with Gasteiger partial charge in [0.25, 0.3) is 5.91 Å². The lowest BCUT2D eigenvalue weighted by atomic mass is 10.2. The highest BCUT2D eigenvalue weighted by molar-refractivity contribution is 5.81. The molecule has 1 aliphatic rings. The van der Waals surface area contributed by atoms with Crippen LogP contribution >= 0.6 is 0 Å². The molecule has 0 radical (unpaired) electrons. The topological polar surface area (TPSA) is 77.7 Å². The zero-order chi connectivity index (χ0) is 14.5. The van der Waals surface area contributed by atoms with Gasteiger partial charge < -0.3 is 20.1 Å². The van der Waals surface area contributed by atoms with Gasteiger partial charge in [-0.05, 0) is 26.0 Å². The number of hydrogen-bond acceptors (Lipinski definition) is 5. The van der Waals surface area contributed by atoms with E-state index in [2.05, 4.69) is 4.98 Å². The minimum Gasteiger partial charge on any atom is -0.479 e. The summed E-state index contributed by atoms with van der Waals surface area (Å²) in [5.41, 5.74) is 7.21. The van der Waals surface area contributed by atoms with Crippen LogP contribution < -0.4 is 10.5 Å². The Bertz CT molecular complexity index is 473. The predicted molar refractivity (Wildman–Crippen MR) is 74.4 cm³/mol. The maximum Gasteiger partial charge on any atom is 0.263 e. The molecule has 20 heavy (non-hydrogen) atoms. The lowest BCUT2D eigenvalue weighted by Crippen LogP contribution is -2.46. The van der Waals surface area contributed by atoms with E-state index in [0.717, 1.165) is 5.69 Å². The van der Waals surface area contributed by atoms with Crippen LogP contribution in [0.1, 0.15) is 18.3 Å². The fourth-order valence-electron chi connectivity index (χ4n) is 2.13. The van der Waals surface area contributed by atoms with E-state index in [1.165, 1.54) is 0 Å². The number of pyridine rings is 1. The number of nitrogens with two attached hydrogens (primary N) is 1. The van der Waals surface area contributed by atoms with E-state index >= 15 is 0 Å². The van der Waals surface area contributed by atoms with E-state index in [-0.39, 0.29) is 12.5 Å². The molecule has 1 saturated heterocycles. The molecule has 2 N–H and O–H groups in total. The normalized spacial score (nSPS) is 16.9. The van der Waals surface area contributed by atoms with E-state index < -0.39 is 6.10 Å². The molecule has 6 heteroatoms. The Kier molecular flexibility index (Phi) is 4.92. The van der Waals surface area contributed by atoms with E-state index in [0.29, 0.717) is 37.7 Å². The van der Waals surface area contributed by atoms with Crippen molar-refractivity contribution in [1.82, 2.24) is 9.88 Å². The van der Waals surface area contributed by atoms with Crippen LogP contribution in [0.3, 0.4) is 0 Å². The van der Waals surface area contributed by atoms with Crippen molar-refractivity contribution < 1.29 is 14.3 Å². The fraction of sp³-hybridized carbons (Fsp3) is 0.571. The third kappa shape index (κ3) is 3.46. The Balaban J connectivity index is 2.03. The highest BCUT2D eigenvalue weighted by Gasteiger charge is 2.24. The fourth-order valence-corrected chi connectivity index (χ4v) is 2.13. The Morgan fingerprint density at radius 1 is 1.50 bits per heavy atom. The molecule has 1 fully saturated rings. The van der Waals surface area contributed by atoms with Crippen LogP contribution in [0.25, 0.3) is 0 Å². The number of ether oxygens (including phenoxy) is 2. The van der Waals surface area contributed by atoms with Gasteiger partial charge in [-0.2, -0.15) is 0 Å². The van der Waals surface area contributed by atoms with Gasteiger partial charge in [0, 0.05) is 25.3 Å². The first-order valence-electron chi connectivity index (χ1n) is 6.81. The molecule has 2 rings (SSSR count). The van der Waals surface area contributed by atoms with Gasteiger partial charge >= 0.3 is 0 Å². The van der Waals surface area contributed by atoms with Crippen LogP contribution in [0.5, 0.6) is 5.75 Å². The zero-order valence-corrected chi connectivity index (χ0v) is 12.0. The molecule has 110 valence electrons. The van der Waals surface area contributed by atoms with E-state index in [1.807, 2.05) is 19.1 Å². The van der Waals surface area contributed by atoms with Crippen molar-refractivity contribution in [2.24, 2.45) is 5.73 Å². The SMILES string of the molecule is Cc1ccc(OC(C)C(=O)N2CCOCC2)c(CN)n1. The number of nitrogens with zero attached hydrogens (tertiary/aromatic N) is 2. The molecule has 1 aliphatic heterocycles. The van der Waals surface area contributed by atoms with Crippen molar-refractivity contribution in [3.05, 3.63) is 23.5 Å². The maximum atomic E-state index is 12.3. The average Bonchev–Trinajstić information content (AvgIpc) is 2.49. The third-order valence-electron chi connectivity index (χ3n) is 3.24. The summed E-state index contributed by atoms with van der Waals surface area (Å²) in [6, 6.07) is 3.66. The van der Waals surface area contributed by atoms with Crippen molar-refractivity contribution in [3.8, 4) is 5.75 Å². The summed E-state index contributed by atoms with van der Waals surface area (Å²) in [5.74, 6) is 0.545. The molecule has 0 spiro atoms. The molecule has 6 nitrogen and oxygen atoms in total. The van der Waals surface area contributed by atoms with E-state index in [9.17, 15) is 4.79 Å². The first-order chi connectivity index (χ1) is 9.61. The Labute approximate surface area is 118 Å². The van der Waals surface area contributed by atoms with Gasteiger partial charge in [-0.1, -0.05) is 0 Å². The van der Waals surface area contributed by atoms with Crippen LogP contribution in [0, 0.1) is 6.92 Å². The molecular weight excluding hydrogens is 258 g/mol. The second-order valence-corrected chi connectivity index (χ2v) is 4.80. The monoisotopic (exact) mass is 279 g/mol. The average molecular weight is 279 g/mol. The van der Waals surface area contributed by atoms with Gasteiger partial charge in [0.15, 0.2) is 6.10 Å². The third-order valence-corrected chi connectivity index (χ3v) is 3.24. The molecular formula is C14H21N3O3. The summed E-state index contributed by atoms with van der Waals surface area (Å²) in [7, 11) is 0. The number of morpholine rings is 1. The molecule has 0 aromatic carbocycles. The van der Waals surface area contributed by atoms with Crippen molar-refractivity contribution in [2.75, 3.05) is 26.3 Å². The molecule has 0 aliphatic carbocycles. The van der Waals surface area contributed by atoms with Crippen LogP contribution in [-0.4, -0.2) is 48.2 Å². The Hall–Kier alpha value is -1.66. The van der Waals surface area contributed by atoms with Gasteiger partial charge in [0.2, 0.25) is 0 Å². The predicted octanol–water partition coefficient (Wildman–Crippen LogP) is 0.475. The quantitative estimate of drug-likeness (QED) is 0.867. The minimum absolute atomic E-state index is 0.0307. The second kappa shape index (κ2) is 6.67. The molecule has 1 amide bonds. The molecule has 1 aromatic heterocycles. The Morgan fingerprint density at radius 2 is 2.20 bits per heavy atom. The Morgan fingerprint density at radius 3 is 2.85 bits per heavy atom. The summed E-state index contributed by atoms with van der Waals surface area (Å²) in [6.07, 6.45) is -0.553. The van der Waals surface area contributed by atoms with Crippen LogP contribution in [-0.2, 0) is 16.1 Å². The van der Waals surface area contributed by atoms with Gasteiger partial charge in [-0.25, -0.2) is 0 Å². The summed E-state index contributed by atoms with van der Waals surface area (Å²) in [6.45, 7) is 6.32. The minimum atomic E-state index is -0.553. The van der Waals surface area contributed by atoms with Gasteiger partial charge in [-0.15, -0.1) is 0 Å². The summed E-state index contributed by atoms with van der Waals surface area (Å²) < 4.78 is 11.0. The van der Waals surface area contributed by atoms with Crippen molar-refractivity contribution in [2.45, 2.75) is 26.5 Å². The number of amides is 1.